The summed E-state index contributed by atoms with van der Waals surface area (Å²) in [6.45, 7) is 1.37. The van der Waals surface area contributed by atoms with Crippen LogP contribution in [-0.2, 0) is 49.3 Å². The molecule has 17 nitrogen and oxygen atoms in total. The van der Waals surface area contributed by atoms with E-state index in [0.717, 1.165) is 0 Å². The summed E-state index contributed by atoms with van der Waals surface area (Å²) >= 11 is 0. The highest BCUT2D eigenvalue weighted by molar-refractivity contribution is 7.89. The number of ether oxygens (including phenoxy) is 6. The summed E-state index contributed by atoms with van der Waals surface area (Å²) in [6.07, 6.45) is -3.01. The largest absolute Gasteiger partial charge is 0.497 e. The SMILES string of the molecule is COc1ccc2c(c1)C(C)CN(C[C@@H](O)[C@H](Cc1ccc(OCCOCP(=O)(O)OCC(=O)O)cc1)NC(=O)O[C@H]1CO[C@H]3OCC[C@H]31)S2(=O)=O. The molecule has 0 saturated carbocycles. The molecule has 0 aliphatic carbocycles. The number of hydrogen-bond acceptors (Lipinski definition) is 13. The minimum absolute atomic E-state index is 0.00340. The van der Waals surface area contributed by atoms with Gasteiger partial charge in [-0.05, 0) is 60.2 Å². The normalized spacial score (nSPS) is 24.8. The lowest BCUT2D eigenvalue weighted by Gasteiger charge is -2.35. The summed E-state index contributed by atoms with van der Waals surface area (Å²) in [5.41, 5.74) is 1.30. The number of alkyl carbamates (subject to hydrolysis) is 1. The number of carbonyl (C=O) groups excluding carboxylic acids is 1. The number of carbonyl (C=O) groups is 2. The van der Waals surface area contributed by atoms with Crippen molar-refractivity contribution in [2.75, 3.05) is 59.6 Å². The molecule has 5 rings (SSSR count). The Morgan fingerprint density at radius 2 is 1.86 bits per heavy atom. The molecule has 3 aliphatic heterocycles. The van der Waals surface area contributed by atoms with Gasteiger partial charge in [0.05, 0.1) is 49.9 Å². The van der Waals surface area contributed by atoms with Gasteiger partial charge in [0.2, 0.25) is 10.0 Å². The van der Waals surface area contributed by atoms with Gasteiger partial charge in [-0.1, -0.05) is 19.1 Å². The summed E-state index contributed by atoms with van der Waals surface area (Å²) < 4.78 is 77.4. The lowest BCUT2D eigenvalue weighted by Crippen LogP contribution is -2.52. The highest BCUT2D eigenvalue weighted by atomic mass is 32.2. The van der Waals surface area contributed by atoms with E-state index in [1.807, 2.05) is 6.92 Å². The van der Waals surface area contributed by atoms with E-state index < -0.39 is 67.2 Å². The van der Waals surface area contributed by atoms with Crippen molar-refractivity contribution in [3.8, 4) is 11.5 Å². The Bertz CT molecular complexity index is 1680. The molecule has 3 aliphatic rings. The second kappa shape index (κ2) is 17.0. The molecule has 2 fully saturated rings. The van der Waals surface area contributed by atoms with Crippen LogP contribution in [0.2, 0.25) is 0 Å². The molecule has 19 heteroatoms. The highest BCUT2D eigenvalue weighted by Crippen LogP contribution is 2.41. The molecule has 282 valence electrons. The van der Waals surface area contributed by atoms with Gasteiger partial charge in [0.1, 0.15) is 30.6 Å². The fraction of sp³-hybridized carbons (Fsp3) is 0.562. The van der Waals surface area contributed by atoms with Crippen molar-refractivity contribution in [3.05, 3.63) is 53.6 Å². The first-order chi connectivity index (χ1) is 24.3. The predicted octanol–water partition coefficient (Wildman–Crippen LogP) is 1.90. The lowest BCUT2D eigenvalue weighted by atomic mass is 9.99. The third-order valence-corrected chi connectivity index (χ3v) is 11.7. The van der Waals surface area contributed by atoms with Crippen LogP contribution in [0.15, 0.2) is 47.4 Å². The average Bonchev–Trinajstić information content (AvgIpc) is 3.71. The number of nitrogens with one attached hydrogen (secondary N) is 1. The first-order valence-corrected chi connectivity index (χ1v) is 19.5. The predicted molar refractivity (Wildman–Crippen MR) is 177 cm³/mol. The fourth-order valence-corrected chi connectivity index (χ4v) is 8.74. The topological polar surface area (TPSA) is 226 Å². The van der Waals surface area contributed by atoms with E-state index in [1.54, 1.807) is 36.4 Å². The van der Waals surface area contributed by atoms with Crippen LogP contribution in [0, 0.1) is 5.92 Å². The van der Waals surface area contributed by atoms with Gasteiger partial charge in [-0.3, -0.25) is 9.09 Å². The van der Waals surface area contributed by atoms with Crippen molar-refractivity contribution in [3.63, 3.8) is 0 Å². The molecule has 4 N–H and O–H groups in total. The molecule has 2 saturated heterocycles. The van der Waals surface area contributed by atoms with Crippen molar-refractivity contribution in [2.24, 2.45) is 5.92 Å². The van der Waals surface area contributed by atoms with Crippen molar-refractivity contribution in [2.45, 2.75) is 55.1 Å². The van der Waals surface area contributed by atoms with Gasteiger partial charge in [-0.2, -0.15) is 4.31 Å². The van der Waals surface area contributed by atoms with Crippen LogP contribution in [0.3, 0.4) is 0 Å². The quantitative estimate of drug-likeness (QED) is 0.134. The Labute approximate surface area is 295 Å². The number of aliphatic carboxylic acids is 1. The number of hydrogen-bond donors (Lipinski definition) is 4. The number of benzene rings is 2. The zero-order valence-electron chi connectivity index (χ0n) is 28.1. The summed E-state index contributed by atoms with van der Waals surface area (Å²) in [5.74, 6) is -0.712. The molecule has 0 radical (unpaired) electrons. The van der Waals surface area contributed by atoms with Crippen LogP contribution in [0.1, 0.15) is 30.4 Å². The number of rotatable bonds is 17. The van der Waals surface area contributed by atoms with Crippen molar-refractivity contribution >= 4 is 29.7 Å². The minimum Gasteiger partial charge on any atom is -0.497 e. The van der Waals surface area contributed by atoms with Gasteiger partial charge in [0.25, 0.3) is 0 Å². The van der Waals surface area contributed by atoms with Crippen LogP contribution in [0.4, 0.5) is 4.79 Å². The second-order valence-electron chi connectivity index (χ2n) is 12.5. The Morgan fingerprint density at radius 3 is 2.59 bits per heavy atom. The van der Waals surface area contributed by atoms with Crippen LogP contribution < -0.4 is 14.8 Å². The van der Waals surface area contributed by atoms with Gasteiger partial charge in [-0.25, -0.2) is 18.0 Å². The van der Waals surface area contributed by atoms with E-state index in [4.69, 9.17) is 33.5 Å². The van der Waals surface area contributed by atoms with Gasteiger partial charge in [-0.15, -0.1) is 0 Å². The van der Waals surface area contributed by atoms with E-state index in [9.17, 15) is 32.6 Å². The maximum absolute atomic E-state index is 13.7. The number of amides is 1. The standard InChI is InChI=1S/C32H43N2O15PS/c1-20-15-34(51(41,42)29-8-7-23(43-2)14-25(20)29)16-27(35)26(33-32(38)49-28-17-47-31-24(28)9-10-46-31)13-21-3-5-22(6-4-21)45-12-11-44-19-50(39,40)48-18-30(36)37/h3-8,14,20,24,26-28,31,35H,9-13,15-19H2,1-2H3,(H,33,38)(H,36,37)(H,39,40)/t20?,24-,26-,27+,28-,31+/m0/s1. The van der Waals surface area contributed by atoms with Crippen molar-refractivity contribution in [1.82, 2.24) is 9.62 Å². The first-order valence-electron chi connectivity index (χ1n) is 16.3. The molecule has 1 amide bonds. The molecule has 0 bridgehead atoms. The van der Waals surface area contributed by atoms with Gasteiger partial charge in [0.15, 0.2) is 12.9 Å². The number of β-amino-alcohol motifs (C(OH)–C–C–N with tert-alkyl or cyclic N) is 1. The molecular weight excluding hydrogens is 715 g/mol. The molecule has 2 aromatic carbocycles. The van der Waals surface area contributed by atoms with E-state index >= 15 is 0 Å². The van der Waals surface area contributed by atoms with Gasteiger partial charge in [0, 0.05) is 13.1 Å². The molecule has 3 heterocycles. The van der Waals surface area contributed by atoms with E-state index in [-0.39, 0.29) is 56.1 Å². The first kappa shape index (κ1) is 38.9. The molecule has 2 unspecified atom stereocenters. The zero-order valence-corrected chi connectivity index (χ0v) is 29.8. The smallest absolute Gasteiger partial charge is 0.407 e. The van der Waals surface area contributed by atoms with Crippen LogP contribution >= 0.6 is 7.60 Å². The van der Waals surface area contributed by atoms with Crippen LogP contribution in [-0.4, -0.2) is 124 Å². The molecule has 0 aromatic heterocycles. The second-order valence-corrected chi connectivity index (χ2v) is 16.1. The number of nitrogens with zero attached hydrogens (tertiary/aromatic N) is 1. The zero-order chi connectivity index (χ0) is 36.8. The molecule has 51 heavy (non-hydrogen) atoms. The van der Waals surface area contributed by atoms with Crippen LogP contribution in [0.5, 0.6) is 11.5 Å². The number of carboxylic acid groups (broad SMARTS) is 1. The van der Waals surface area contributed by atoms with E-state index in [2.05, 4.69) is 9.84 Å². The number of sulfonamides is 1. The monoisotopic (exact) mass is 758 g/mol. The Morgan fingerprint density at radius 1 is 1.12 bits per heavy atom. The maximum Gasteiger partial charge on any atom is 0.407 e. The van der Waals surface area contributed by atoms with Crippen molar-refractivity contribution < 1.29 is 70.6 Å². The third-order valence-electron chi connectivity index (χ3n) is 8.76. The highest BCUT2D eigenvalue weighted by Gasteiger charge is 2.44. The number of methoxy groups -OCH3 is 1. The number of carboxylic acids is 1. The number of aliphatic hydroxyl groups excluding tert-OH is 1. The average molecular weight is 759 g/mol. The molecular formula is C32H43N2O15PS. The minimum atomic E-state index is -4.22. The Balaban J connectivity index is 1.22. The summed E-state index contributed by atoms with van der Waals surface area (Å²) in [4.78, 5) is 33.4. The summed E-state index contributed by atoms with van der Waals surface area (Å²) in [6, 6.07) is 10.5. The number of fused-ring (bicyclic) bond motifs is 2. The maximum atomic E-state index is 13.7. The fourth-order valence-electron chi connectivity index (χ4n) is 6.14. The summed E-state index contributed by atoms with van der Waals surface area (Å²) in [5, 5.41) is 22.8. The van der Waals surface area contributed by atoms with Gasteiger partial charge >= 0.3 is 19.7 Å². The van der Waals surface area contributed by atoms with Crippen molar-refractivity contribution in [1.29, 1.82) is 0 Å². The molecule has 7 atom stereocenters. The van der Waals surface area contributed by atoms with Gasteiger partial charge < -0.3 is 48.8 Å². The molecule has 2 aromatic rings. The van der Waals surface area contributed by atoms with E-state index in [1.165, 1.54) is 17.5 Å². The number of aliphatic hydroxyl groups is 1. The lowest BCUT2D eigenvalue weighted by molar-refractivity contribution is -0.139. The Hall–Kier alpha value is -3.32. The van der Waals surface area contributed by atoms with E-state index in [0.29, 0.717) is 35.7 Å². The summed E-state index contributed by atoms with van der Waals surface area (Å²) in [7, 11) is -6.69. The Kier molecular flexibility index (Phi) is 13.0. The third kappa shape index (κ3) is 10.2. The van der Waals surface area contributed by atoms with Crippen LogP contribution in [0.25, 0.3) is 0 Å². The molecule has 0 spiro atoms.